The first kappa shape index (κ1) is 22.0. The van der Waals surface area contributed by atoms with Crippen molar-refractivity contribution >= 4 is 30.7 Å². The van der Waals surface area contributed by atoms with E-state index in [0.717, 1.165) is 40.9 Å². The van der Waals surface area contributed by atoms with E-state index in [1.807, 2.05) is 50.3 Å². The summed E-state index contributed by atoms with van der Waals surface area (Å²) < 4.78 is 7.20. The number of phenols is 1. The van der Waals surface area contributed by atoms with Crippen molar-refractivity contribution in [3.63, 3.8) is 0 Å². The van der Waals surface area contributed by atoms with Crippen LogP contribution >= 0.6 is 0 Å². The lowest BCUT2D eigenvalue weighted by molar-refractivity contribution is -0.130. The highest BCUT2D eigenvalue weighted by Gasteiger charge is 2.23. The smallest absolute Gasteiger partial charge is 0.249 e. The van der Waals surface area contributed by atoms with Crippen molar-refractivity contribution in [2.24, 2.45) is 0 Å². The first-order chi connectivity index (χ1) is 16.6. The van der Waals surface area contributed by atoms with E-state index in [9.17, 15) is 9.90 Å². The number of benzene rings is 2. The molecule has 0 saturated carbocycles. The van der Waals surface area contributed by atoms with Crippen LogP contribution in [0.15, 0.2) is 60.8 Å². The van der Waals surface area contributed by atoms with Gasteiger partial charge in [0.05, 0.1) is 5.69 Å². The van der Waals surface area contributed by atoms with Crippen LogP contribution in [0, 0.1) is 0 Å². The van der Waals surface area contributed by atoms with Gasteiger partial charge in [0.2, 0.25) is 5.91 Å². The lowest BCUT2D eigenvalue weighted by atomic mass is 10.0. The van der Waals surface area contributed by atoms with Crippen molar-refractivity contribution in [2.75, 3.05) is 11.9 Å². The molecule has 1 atom stereocenters. The van der Waals surface area contributed by atoms with Crippen LogP contribution in [0.5, 0.6) is 5.75 Å². The number of para-hydroxylation sites is 1. The van der Waals surface area contributed by atoms with E-state index in [1.165, 1.54) is 0 Å². The fourth-order valence-corrected chi connectivity index (χ4v) is 4.08. The number of carbonyl (C=O) groups excluding carboxylic acids is 1. The fraction of sp³-hybridized carbons (Fsp3) is 0.240. The van der Waals surface area contributed by atoms with E-state index in [-0.39, 0.29) is 17.8 Å². The van der Waals surface area contributed by atoms with Gasteiger partial charge in [-0.3, -0.25) is 4.79 Å². The number of hydrogen-bond acceptors (Lipinski definition) is 6. The quantitative estimate of drug-likeness (QED) is 0.368. The largest absolute Gasteiger partial charge is 0.507 e. The Morgan fingerprint density at radius 3 is 2.65 bits per heavy atom. The van der Waals surface area contributed by atoms with Crippen LogP contribution in [0.4, 0.5) is 5.82 Å². The van der Waals surface area contributed by atoms with E-state index < -0.39 is 0 Å². The van der Waals surface area contributed by atoms with Crippen molar-refractivity contribution in [1.82, 2.24) is 19.9 Å². The van der Waals surface area contributed by atoms with Gasteiger partial charge in [-0.25, -0.2) is 4.98 Å². The minimum atomic E-state index is -0.311. The van der Waals surface area contributed by atoms with Gasteiger partial charge in [-0.05, 0) is 41.6 Å². The fourth-order valence-electron chi connectivity index (χ4n) is 4.08. The van der Waals surface area contributed by atoms with E-state index in [0.29, 0.717) is 31.0 Å². The monoisotopic (exact) mass is 455 g/mol. The van der Waals surface area contributed by atoms with Crippen LogP contribution in [0.2, 0.25) is 0 Å². The second kappa shape index (κ2) is 9.57. The summed E-state index contributed by atoms with van der Waals surface area (Å²) in [4.78, 5) is 16.8. The maximum absolute atomic E-state index is 12.1. The molecule has 0 aliphatic carbocycles. The summed E-state index contributed by atoms with van der Waals surface area (Å²) in [5.41, 5.74) is 5.16. The zero-order valence-electron chi connectivity index (χ0n) is 19.0. The maximum Gasteiger partial charge on any atom is 0.249 e. The number of hydrogen-bond donors (Lipinski definition) is 3. The molecular formula is C25H26BN5O3. The standard InChI is InChI=1S/C25H26BN5O3/c26-19-15-29-31-23(12-20(30-24(19)31)18-4-1-2-5-21(18)32)27-13-16-7-9-17(10-8-16)14-28-25(33)22-6-3-11-34-22/h1-2,4-5,7-10,12,15,22,27,32H,3,6,11,13-14,26H2,(H,28,33). The average Bonchev–Trinajstić information content (AvgIpc) is 3.53. The Labute approximate surface area is 198 Å². The molecule has 1 aliphatic heterocycles. The molecule has 1 fully saturated rings. The lowest BCUT2D eigenvalue weighted by Crippen LogP contribution is -2.33. The average molecular weight is 455 g/mol. The number of amides is 1. The van der Waals surface area contributed by atoms with Crippen LogP contribution in [0.25, 0.3) is 16.9 Å². The second-order valence-electron chi connectivity index (χ2n) is 8.50. The van der Waals surface area contributed by atoms with E-state index in [4.69, 9.17) is 9.72 Å². The Morgan fingerprint density at radius 2 is 1.91 bits per heavy atom. The number of aromatic hydroxyl groups is 1. The van der Waals surface area contributed by atoms with Crippen LogP contribution in [0.3, 0.4) is 0 Å². The van der Waals surface area contributed by atoms with E-state index >= 15 is 0 Å². The maximum atomic E-state index is 12.1. The summed E-state index contributed by atoms with van der Waals surface area (Å²) in [6.07, 6.45) is 3.20. The van der Waals surface area contributed by atoms with Crippen molar-refractivity contribution in [3.8, 4) is 17.0 Å². The van der Waals surface area contributed by atoms with Crippen LogP contribution in [0.1, 0.15) is 24.0 Å². The molecule has 1 unspecified atom stereocenters. The number of ether oxygens (including phenoxy) is 1. The van der Waals surface area contributed by atoms with Crippen LogP contribution in [-0.4, -0.2) is 46.2 Å². The number of fused-ring (bicyclic) bond motifs is 1. The Bertz CT molecular complexity index is 1320. The molecule has 1 saturated heterocycles. The summed E-state index contributed by atoms with van der Waals surface area (Å²) in [6, 6.07) is 17.2. The van der Waals surface area contributed by atoms with E-state index in [1.54, 1.807) is 22.8 Å². The number of aromatic nitrogens is 3. The third kappa shape index (κ3) is 4.60. The van der Waals surface area contributed by atoms with Gasteiger partial charge in [-0.1, -0.05) is 36.4 Å². The highest BCUT2D eigenvalue weighted by molar-refractivity contribution is 6.36. The number of phenolic OH excluding ortho intramolecular Hbond substituents is 1. The highest BCUT2D eigenvalue weighted by Crippen LogP contribution is 2.29. The molecule has 1 amide bonds. The van der Waals surface area contributed by atoms with Crippen molar-refractivity contribution < 1.29 is 14.6 Å². The number of anilines is 1. The molecule has 34 heavy (non-hydrogen) atoms. The molecule has 9 heteroatoms. The summed E-state index contributed by atoms with van der Waals surface area (Å²) in [5, 5.41) is 21.2. The number of carbonyl (C=O) groups is 1. The van der Waals surface area contributed by atoms with Crippen LogP contribution < -0.4 is 16.1 Å². The molecule has 4 aromatic rings. The molecular weight excluding hydrogens is 429 g/mol. The number of nitrogens with one attached hydrogen (secondary N) is 2. The molecule has 172 valence electrons. The summed E-state index contributed by atoms with van der Waals surface area (Å²) >= 11 is 0. The second-order valence-corrected chi connectivity index (χ2v) is 8.50. The van der Waals surface area contributed by atoms with Crippen molar-refractivity contribution in [2.45, 2.75) is 32.0 Å². The first-order valence-electron chi connectivity index (χ1n) is 11.4. The predicted molar refractivity (Wildman–Crippen MR) is 133 cm³/mol. The number of nitrogens with zero attached hydrogens (tertiary/aromatic N) is 3. The highest BCUT2D eigenvalue weighted by atomic mass is 16.5. The van der Waals surface area contributed by atoms with Gasteiger partial charge in [0, 0.05) is 37.5 Å². The topological polar surface area (TPSA) is 101 Å². The molecule has 2 aromatic heterocycles. The van der Waals surface area contributed by atoms with E-state index in [2.05, 4.69) is 15.7 Å². The molecule has 5 rings (SSSR count). The lowest BCUT2D eigenvalue weighted by Gasteiger charge is -2.13. The summed E-state index contributed by atoms with van der Waals surface area (Å²) in [6.45, 7) is 1.73. The van der Waals surface area contributed by atoms with Gasteiger partial charge in [0.15, 0.2) is 5.65 Å². The van der Waals surface area contributed by atoms with Crippen LogP contribution in [-0.2, 0) is 22.6 Å². The predicted octanol–water partition coefficient (Wildman–Crippen LogP) is 1.77. The Balaban J connectivity index is 1.29. The Hall–Kier alpha value is -3.85. The van der Waals surface area contributed by atoms with Gasteiger partial charge in [-0.2, -0.15) is 9.61 Å². The Morgan fingerprint density at radius 1 is 1.15 bits per heavy atom. The molecule has 0 bridgehead atoms. The normalized spacial score (nSPS) is 15.5. The summed E-state index contributed by atoms with van der Waals surface area (Å²) in [7, 11) is 1.96. The molecule has 2 aromatic carbocycles. The first-order valence-corrected chi connectivity index (χ1v) is 11.4. The minimum Gasteiger partial charge on any atom is -0.507 e. The third-order valence-corrected chi connectivity index (χ3v) is 6.01. The zero-order chi connectivity index (χ0) is 23.5. The zero-order valence-corrected chi connectivity index (χ0v) is 19.0. The van der Waals surface area contributed by atoms with Gasteiger partial charge in [0.1, 0.15) is 25.5 Å². The number of rotatable bonds is 7. The SMILES string of the molecule is Bc1cnn2c(NCc3ccc(CNC(=O)C4CCCO4)cc3)cc(-c3ccccc3O)nc12. The molecule has 1 aliphatic rings. The van der Waals surface area contributed by atoms with Crippen molar-refractivity contribution in [3.05, 3.63) is 71.9 Å². The van der Waals surface area contributed by atoms with Gasteiger partial charge < -0.3 is 20.5 Å². The molecule has 0 radical (unpaired) electrons. The molecule has 0 spiro atoms. The molecule has 8 nitrogen and oxygen atoms in total. The van der Waals surface area contributed by atoms with Crippen molar-refractivity contribution in [1.29, 1.82) is 0 Å². The Kier molecular flexibility index (Phi) is 6.18. The van der Waals surface area contributed by atoms with Gasteiger partial charge in [0.25, 0.3) is 0 Å². The minimum absolute atomic E-state index is 0.0419. The van der Waals surface area contributed by atoms with Gasteiger partial charge in [-0.15, -0.1) is 0 Å². The third-order valence-electron chi connectivity index (χ3n) is 6.01. The summed E-state index contributed by atoms with van der Waals surface area (Å²) in [5.74, 6) is 0.925. The van der Waals surface area contributed by atoms with Gasteiger partial charge >= 0.3 is 0 Å². The molecule has 3 heterocycles. The molecule has 3 N–H and O–H groups in total.